The summed E-state index contributed by atoms with van der Waals surface area (Å²) < 4.78 is 5.31. The Morgan fingerprint density at radius 1 is 1.04 bits per heavy atom. The van der Waals surface area contributed by atoms with Gasteiger partial charge in [-0.1, -0.05) is 24.3 Å². The molecule has 0 aliphatic rings. The zero-order valence-corrected chi connectivity index (χ0v) is 14.3. The number of hydrogen-bond donors (Lipinski definition) is 2. The van der Waals surface area contributed by atoms with Gasteiger partial charge in [0.2, 0.25) is 0 Å². The molecule has 3 aromatic rings. The van der Waals surface area contributed by atoms with Gasteiger partial charge in [-0.3, -0.25) is 9.78 Å². The number of rotatable bonds is 7. The number of nitrogens with one attached hydrogen (secondary N) is 2. The van der Waals surface area contributed by atoms with Crippen LogP contribution in [0.2, 0.25) is 0 Å². The molecule has 1 aromatic carbocycles. The van der Waals surface area contributed by atoms with Crippen molar-refractivity contribution in [1.82, 2.24) is 20.3 Å². The number of nitrogens with zero attached hydrogens (tertiary/aromatic N) is 3. The molecule has 0 fully saturated rings. The summed E-state index contributed by atoms with van der Waals surface area (Å²) in [4.78, 5) is 24.5. The topological polar surface area (TPSA) is 89.0 Å². The average Bonchev–Trinajstić information content (AvgIpc) is 2.72. The summed E-state index contributed by atoms with van der Waals surface area (Å²) in [5, 5.41) is 5.96. The maximum Gasteiger partial charge on any atom is 0.271 e. The first kappa shape index (κ1) is 17.3. The van der Waals surface area contributed by atoms with E-state index in [1.165, 1.54) is 12.4 Å². The second-order valence-electron chi connectivity index (χ2n) is 5.50. The van der Waals surface area contributed by atoms with Crippen molar-refractivity contribution in [2.45, 2.75) is 13.1 Å². The van der Waals surface area contributed by atoms with E-state index in [0.29, 0.717) is 18.9 Å². The van der Waals surface area contributed by atoms with Gasteiger partial charge in [0, 0.05) is 31.0 Å². The zero-order valence-electron chi connectivity index (χ0n) is 14.3. The number of para-hydroxylation sites is 1. The molecule has 1 amide bonds. The molecule has 3 rings (SSSR count). The van der Waals surface area contributed by atoms with Crippen molar-refractivity contribution in [3.63, 3.8) is 0 Å². The molecule has 2 heterocycles. The Morgan fingerprint density at radius 3 is 2.65 bits per heavy atom. The molecule has 0 bridgehead atoms. The molecular formula is C19H19N5O2. The van der Waals surface area contributed by atoms with E-state index in [1.807, 2.05) is 36.4 Å². The van der Waals surface area contributed by atoms with E-state index in [9.17, 15) is 4.79 Å². The SMILES string of the molecule is COc1ccccc1CNc1cnc(C(=O)NCc2cccnc2)cn1. The third kappa shape index (κ3) is 4.54. The van der Waals surface area contributed by atoms with Gasteiger partial charge in [-0.05, 0) is 17.7 Å². The molecule has 0 spiro atoms. The van der Waals surface area contributed by atoms with Crippen molar-refractivity contribution in [2.75, 3.05) is 12.4 Å². The molecule has 132 valence electrons. The molecule has 0 aliphatic carbocycles. The number of aromatic nitrogens is 3. The summed E-state index contributed by atoms with van der Waals surface area (Å²) in [6.45, 7) is 0.938. The van der Waals surface area contributed by atoms with Crippen molar-refractivity contribution < 1.29 is 9.53 Å². The number of carbonyl (C=O) groups is 1. The average molecular weight is 349 g/mol. The van der Waals surface area contributed by atoms with Gasteiger partial charge < -0.3 is 15.4 Å². The lowest BCUT2D eigenvalue weighted by Crippen LogP contribution is -2.24. The molecule has 0 atom stereocenters. The quantitative estimate of drug-likeness (QED) is 0.681. The highest BCUT2D eigenvalue weighted by Crippen LogP contribution is 2.18. The highest BCUT2D eigenvalue weighted by Gasteiger charge is 2.08. The largest absolute Gasteiger partial charge is 0.496 e. The van der Waals surface area contributed by atoms with Gasteiger partial charge in [0.15, 0.2) is 0 Å². The first-order valence-electron chi connectivity index (χ1n) is 8.11. The Bertz CT molecular complexity index is 853. The van der Waals surface area contributed by atoms with Gasteiger partial charge in [0.05, 0.1) is 19.5 Å². The van der Waals surface area contributed by atoms with Crippen LogP contribution >= 0.6 is 0 Å². The summed E-state index contributed by atoms with van der Waals surface area (Å²) >= 11 is 0. The minimum absolute atomic E-state index is 0.261. The molecular weight excluding hydrogens is 330 g/mol. The maximum atomic E-state index is 12.1. The molecule has 2 aromatic heterocycles. The van der Waals surface area contributed by atoms with Crippen LogP contribution in [0.3, 0.4) is 0 Å². The molecule has 26 heavy (non-hydrogen) atoms. The molecule has 0 saturated carbocycles. The van der Waals surface area contributed by atoms with Crippen LogP contribution in [0, 0.1) is 0 Å². The molecule has 7 heteroatoms. The normalized spacial score (nSPS) is 10.2. The highest BCUT2D eigenvalue weighted by molar-refractivity contribution is 5.91. The molecule has 0 saturated heterocycles. The lowest BCUT2D eigenvalue weighted by Gasteiger charge is -2.10. The molecule has 0 aliphatic heterocycles. The van der Waals surface area contributed by atoms with E-state index < -0.39 is 0 Å². The van der Waals surface area contributed by atoms with Crippen LogP contribution in [0.1, 0.15) is 21.6 Å². The summed E-state index contributed by atoms with van der Waals surface area (Å²) in [6.07, 6.45) is 6.38. The van der Waals surface area contributed by atoms with E-state index >= 15 is 0 Å². The second kappa shape index (κ2) is 8.57. The van der Waals surface area contributed by atoms with Crippen LogP contribution in [-0.4, -0.2) is 28.0 Å². The minimum Gasteiger partial charge on any atom is -0.496 e. The Morgan fingerprint density at radius 2 is 1.92 bits per heavy atom. The Hall–Kier alpha value is -3.48. The van der Waals surface area contributed by atoms with Crippen molar-refractivity contribution >= 4 is 11.7 Å². The van der Waals surface area contributed by atoms with Crippen molar-refractivity contribution in [1.29, 1.82) is 0 Å². The molecule has 2 N–H and O–H groups in total. The van der Waals surface area contributed by atoms with E-state index in [0.717, 1.165) is 16.9 Å². The minimum atomic E-state index is -0.280. The molecule has 0 unspecified atom stereocenters. The van der Waals surface area contributed by atoms with E-state index in [1.54, 1.807) is 19.5 Å². The van der Waals surface area contributed by atoms with Crippen molar-refractivity contribution in [3.05, 3.63) is 78.0 Å². The van der Waals surface area contributed by atoms with Crippen LogP contribution in [0.15, 0.2) is 61.2 Å². The van der Waals surface area contributed by atoms with E-state index in [2.05, 4.69) is 25.6 Å². The number of carbonyl (C=O) groups excluding carboxylic acids is 1. The fourth-order valence-corrected chi connectivity index (χ4v) is 2.35. The van der Waals surface area contributed by atoms with Gasteiger partial charge in [0.25, 0.3) is 5.91 Å². The third-order valence-electron chi connectivity index (χ3n) is 3.71. The smallest absolute Gasteiger partial charge is 0.271 e. The Labute approximate surface area is 151 Å². The Kier molecular flexibility index (Phi) is 5.72. The molecule has 7 nitrogen and oxygen atoms in total. The van der Waals surface area contributed by atoms with Gasteiger partial charge in [-0.25, -0.2) is 9.97 Å². The van der Waals surface area contributed by atoms with Crippen LogP contribution in [0.25, 0.3) is 0 Å². The van der Waals surface area contributed by atoms with Crippen LogP contribution in [0.4, 0.5) is 5.82 Å². The maximum absolute atomic E-state index is 12.1. The summed E-state index contributed by atoms with van der Waals surface area (Å²) in [6, 6.07) is 11.5. The number of pyridine rings is 1. The highest BCUT2D eigenvalue weighted by atomic mass is 16.5. The second-order valence-corrected chi connectivity index (χ2v) is 5.50. The lowest BCUT2D eigenvalue weighted by atomic mass is 10.2. The van der Waals surface area contributed by atoms with Gasteiger partial charge >= 0.3 is 0 Å². The predicted octanol–water partition coefficient (Wildman–Crippen LogP) is 2.42. The monoisotopic (exact) mass is 349 g/mol. The number of hydrogen-bond acceptors (Lipinski definition) is 6. The zero-order chi connectivity index (χ0) is 18.2. The fourth-order valence-electron chi connectivity index (χ4n) is 2.35. The number of amides is 1. The van der Waals surface area contributed by atoms with Crippen LogP contribution < -0.4 is 15.4 Å². The Balaban J connectivity index is 1.55. The van der Waals surface area contributed by atoms with E-state index in [4.69, 9.17) is 4.74 Å². The number of anilines is 1. The van der Waals surface area contributed by atoms with Crippen LogP contribution in [-0.2, 0) is 13.1 Å². The van der Waals surface area contributed by atoms with Crippen molar-refractivity contribution in [2.24, 2.45) is 0 Å². The summed E-state index contributed by atoms with van der Waals surface area (Å²) in [5.41, 5.74) is 2.19. The van der Waals surface area contributed by atoms with Gasteiger partial charge in [0.1, 0.15) is 17.3 Å². The number of benzene rings is 1. The predicted molar refractivity (Wildman–Crippen MR) is 97.8 cm³/mol. The van der Waals surface area contributed by atoms with Gasteiger partial charge in [-0.15, -0.1) is 0 Å². The van der Waals surface area contributed by atoms with Crippen molar-refractivity contribution in [3.8, 4) is 5.75 Å². The first-order valence-corrected chi connectivity index (χ1v) is 8.11. The third-order valence-corrected chi connectivity index (χ3v) is 3.71. The summed E-state index contributed by atoms with van der Waals surface area (Å²) in [5.74, 6) is 1.11. The lowest BCUT2D eigenvalue weighted by molar-refractivity contribution is 0.0945. The summed E-state index contributed by atoms with van der Waals surface area (Å²) in [7, 11) is 1.64. The standard InChI is InChI=1S/C19H19N5O2/c1-26-17-7-3-2-6-15(17)11-22-18-13-21-16(12-23-18)19(25)24-10-14-5-4-8-20-9-14/h2-9,12-13H,10-11H2,1H3,(H,22,23)(H,24,25). The van der Waals surface area contributed by atoms with Gasteiger partial charge in [-0.2, -0.15) is 0 Å². The van der Waals surface area contributed by atoms with E-state index in [-0.39, 0.29) is 11.6 Å². The van der Waals surface area contributed by atoms with Crippen LogP contribution in [0.5, 0.6) is 5.75 Å². The fraction of sp³-hybridized carbons (Fsp3) is 0.158. The number of ether oxygens (including phenoxy) is 1. The first-order chi connectivity index (χ1) is 12.8. The molecule has 0 radical (unpaired) electrons. The number of methoxy groups -OCH3 is 1.